The molecule has 1 aromatic heterocycles. The fourth-order valence-corrected chi connectivity index (χ4v) is 3.89. The lowest BCUT2D eigenvalue weighted by molar-refractivity contribution is 0.499. The Morgan fingerprint density at radius 2 is 2.25 bits per heavy atom. The molecule has 0 aliphatic rings. The van der Waals surface area contributed by atoms with Crippen LogP contribution in [0, 0.1) is 5.82 Å². The Kier molecular flexibility index (Phi) is 6.02. The summed E-state index contributed by atoms with van der Waals surface area (Å²) in [6, 6.07) is 6.81. The van der Waals surface area contributed by atoms with Gasteiger partial charge in [-0.05, 0) is 47.1 Å². The Bertz CT molecular complexity index is 553. The van der Waals surface area contributed by atoms with Gasteiger partial charge in [0.1, 0.15) is 5.82 Å². The summed E-state index contributed by atoms with van der Waals surface area (Å²) in [4.78, 5) is 1.20. The molecule has 5 heteroatoms. The average Bonchev–Trinajstić information content (AvgIpc) is 2.81. The molecule has 2 rings (SSSR count). The topological polar surface area (TPSA) is 12.0 Å². The SMILES string of the molecule is CCCNC(Cc1cc(Br)cs1)c1c(F)cccc1Cl. The van der Waals surface area contributed by atoms with E-state index in [4.69, 9.17) is 11.6 Å². The summed E-state index contributed by atoms with van der Waals surface area (Å²) >= 11 is 11.3. The van der Waals surface area contributed by atoms with Crippen LogP contribution >= 0.6 is 38.9 Å². The number of thiophene rings is 1. The van der Waals surface area contributed by atoms with Gasteiger partial charge in [0.25, 0.3) is 0 Å². The standard InChI is InChI=1S/C15H16BrClFNS/c1-2-6-19-14(8-11-7-10(16)9-20-11)15-12(17)4-3-5-13(15)18/h3-5,7,9,14,19H,2,6,8H2,1H3. The van der Waals surface area contributed by atoms with Crippen LogP contribution in [0.5, 0.6) is 0 Å². The second kappa shape index (κ2) is 7.55. The van der Waals surface area contributed by atoms with Crippen molar-refractivity contribution in [1.29, 1.82) is 0 Å². The Morgan fingerprint density at radius 3 is 2.85 bits per heavy atom. The van der Waals surface area contributed by atoms with Crippen LogP contribution in [0.2, 0.25) is 5.02 Å². The quantitative estimate of drug-likeness (QED) is 0.693. The third-order valence-electron chi connectivity index (χ3n) is 3.02. The summed E-state index contributed by atoms with van der Waals surface area (Å²) in [5.41, 5.74) is 0.562. The van der Waals surface area contributed by atoms with E-state index in [-0.39, 0.29) is 11.9 Å². The molecule has 0 aliphatic heterocycles. The summed E-state index contributed by atoms with van der Waals surface area (Å²) < 4.78 is 15.2. The highest BCUT2D eigenvalue weighted by Crippen LogP contribution is 2.31. The minimum Gasteiger partial charge on any atom is -0.309 e. The van der Waals surface area contributed by atoms with Gasteiger partial charge >= 0.3 is 0 Å². The highest BCUT2D eigenvalue weighted by Gasteiger charge is 2.19. The predicted octanol–water partition coefficient (Wildman–Crippen LogP) is 5.59. The van der Waals surface area contributed by atoms with Crippen molar-refractivity contribution in [3.63, 3.8) is 0 Å². The molecule has 2 aromatic rings. The van der Waals surface area contributed by atoms with Crippen molar-refractivity contribution in [1.82, 2.24) is 5.32 Å². The molecule has 0 bridgehead atoms. The Hall–Kier alpha value is -0.420. The molecule has 108 valence electrons. The first-order chi connectivity index (χ1) is 9.61. The fraction of sp³-hybridized carbons (Fsp3) is 0.333. The highest BCUT2D eigenvalue weighted by molar-refractivity contribution is 9.10. The third kappa shape index (κ3) is 4.04. The molecule has 20 heavy (non-hydrogen) atoms. The lowest BCUT2D eigenvalue weighted by atomic mass is 10.0. The van der Waals surface area contributed by atoms with E-state index in [1.165, 1.54) is 10.9 Å². The van der Waals surface area contributed by atoms with Crippen LogP contribution in [0.4, 0.5) is 4.39 Å². The first kappa shape index (κ1) is 16.0. The van der Waals surface area contributed by atoms with Crippen molar-refractivity contribution in [2.45, 2.75) is 25.8 Å². The molecule has 1 N–H and O–H groups in total. The molecule has 1 nitrogen and oxygen atoms in total. The normalized spacial score (nSPS) is 12.6. The minimum absolute atomic E-state index is 0.103. The van der Waals surface area contributed by atoms with Gasteiger partial charge in [-0.15, -0.1) is 11.3 Å². The predicted molar refractivity (Wildman–Crippen MR) is 88.2 cm³/mol. The summed E-state index contributed by atoms with van der Waals surface area (Å²) in [6.07, 6.45) is 1.73. The molecule has 0 amide bonds. The first-order valence-corrected chi connectivity index (χ1v) is 8.57. The van der Waals surface area contributed by atoms with Crippen molar-refractivity contribution in [3.05, 3.63) is 55.4 Å². The van der Waals surface area contributed by atoms with E-state index in [1.807, 2.05) is 5.38 Å². The molecule has 0 saturated carbocycles. The van der Waals surface area contributed by atoms with Gasteiger partial charge in [-0.3, -0.25) is 0 Å². The van der Waals surface area contributed by atoms with Crippen LogP contribution in [0.3, 0.4) is 0 Å². The van der Waals surface area contributed by atoms with Gasteiger partial charge in [0, 0.05) is 37.8 Å². The maximum atomic E-state index is 14.1. The number of nitrogens with one attached hydrogen (secondary N) is 1. The van der Waals surface area contributed by atoms with Gasteiger partial charge in [-0.25, -0.2) is 4.39 Å². The van der Waals surface area contributed by atoms with Crippen LogP contribution < -0.4 is 5.32 Å². The van der Waals surface area contributed by atoms with Gasteiger partial charge in [-0.1, -0.05) is 24.6 Å². The number of rotatable bonds is 6. The van der Waals surface area contributed by atoms with Crippen molar-refractivity contribution >= 4 is 38.9 Å². The van der Waals surface area contributed by atoms with E-state index in [0.717, 1.165) is 23.9 Å². The van der Waals surface area contributed by atoms with Gasteiger partial charge in [0.15, 0.2) is 0 Å². The molecule has 1 aromatic carbocycles. The van der Waals surface area contributed by atoms with Crippen LogP contribution in [-0.4, -0.2) is 6.54 Å². The number of halogens is 3. The van der Waals surface area contributed by atoms with Crippen LogP contribution in [-0.2, 0) is 6.42 Å². The van der Waals surface area contributed by atoms with E-state index in [0.29, 0.717) is 10.6 Å². The molecular weight excluding hydrogens is 361 g/mol. The monoisotopic (exact) mass is 375 g/mol. The summed E-state index contributed by atoms with van der Waals surface area (Å²) in [7, 11) is 0. The molecule has 1 atom stereocenters. The summed E-state index contributed by atoms with van der Waals surface area (Å²) in [5.74, 6) is -0.248. The summed E-state index contributed by atoms with van der Waals surface area (Å²) in [5, 5.41) is 5.91. The largest absolute Gasteiger partial charge is 0.309 e. The van der Waals surface area contributed by atoms with E-state index in [9.17, 15) is 4.39 Å². The number of hydrogen-bond donors (Lipinski definition) is 1. The van der Waals surface area contributed by atoms with Crippen LogP contribution in [0.25, 0.3) is 0 Å². The molecule has 0 radical (unpaired) electrons. The molecule has 0 spiro atoms. The van der Waals surface area contributed by atoms with E-state index < -0.39 is 0 Å². The maximum absolute atomic E-state index is 14.1. The zero-order chi connectivity index (χ0) is 14.5. The maximum Gasteiger partial charge on any atom is 0.129 e. The molecule has 1 heterocycles. The van der Waals surface area contributed by atoms with Crippen molar-refractivity contribution in [2.75, 3.05) is 6.54 Å². The van der Waals surface area contributed by atoms with Gasteiger partial charge in [0.2, 0.25) is 0 Å². The molecule has 0 saturated heterocycles. The lowest BCUT2D eigenvalue weighted by Gasteiger charge is -2.20. The van der Waals surface area contributed by atoms with Gasteiger partial charge in [0.05, 0.1) is 0 Å². The molecule has 0 aliphatic carbocycles. The zero-order valence-electron chi connectivity index (χ0n) is 11.1. The molecule has 0 fully saturated rings. The molecular formula is C15H16BrClFNS. The van der Waals surface area contributed by atoms with Gasteiger partial charge < -0.3 is 5.32 Å². The number of hydrogen-bond acceptors (Lipinski definition) is 2. The van der Waals surface area contributed by atoms with Gasteiger partial charge in [-0.2, -0.15) is 0 Å². The Morgan fingerprint density at radius 1 is 1.45 bits per heavy atom. The van der Waals surface area contributed by atoms with Crippen molar-refractivity contribution in [2.24, 2.45) is 0 Å². The fourth-order valence-electron chi connectivity index (χ4n) is 2.10. The van der Waals surface area contributed by atoms with Crippen molar-refractivity contribution in [3.8, 4) is 0 Å². The molecule has 1 unspecified atom stereocenters. The smallest absolute Gasteiger partial charge is 0.129 e. The lowest BCUT2D eigenvalue weighted by Crippen LogP contribution is -2.25. The van der Waals surface area contributed by atoms with E-state index >= 15 is 0 Å². The van der Waals surface area contributed by atoms with E-state index in [2.05, 4.69) is 34.2 Å². The van der Waals surface area contributed by atoms with Crippen LogP contribution in [0.15, 0.2) is 34.1 Å². The second-order valence-corrected chi connectivity index (χ2v) is 6.90. The number of benzene rings is 1. The Labute approximate surface area is 136 Å². The Balaban J connectivity index is 2.27. The second-order valence-electron chi connectivity index (χ2n) is 4.58. The van der Waals surface area contributed by atoms with E-state index in [1.54, 1.807) is 23.5 Å². The summed E-state index contributed by atoms with van der Waals surface area (Å²) in [6.45, 7) is 2.93. The minimum atomic E-state index is -0.248. The zero-order valence-corrected chi connectivity index (χ0v) is 14.3. The first-order valence-electron chi connectivity index (χ1n) is 6.52. The highest BCUT2D eigenvalue weighted by atomic mass is 79.9. The van der Waals surface area contributed by atoms with Crippen LogP contribution in [0.1, 0.15) is 29.8 Å². The third-order valence-corrected chi connectivity index (χ3v) is 5.07. The van der Waals surface area contributed by atoms with Crippen molar-refractivity contribution < 1.29 is 4.39 Å². The average molecular weight is 377 g/mol.